The number of rotatable bonds is 3. The fourth-order valence-electron chi connectivity index (χ4n) is 2.23. The van der Waals surface area contributed by atoms with Crippen molar-refractivity contribution in [3.63, 3.8) is 0 Å². The lowest BCUT2D eigenvalue weighted by Gasteiger charge is -2.10. The predicted octanol–water partition coefficient (Wildman–Crippen LogP) is 4.10. The second-order valence-corrected chi connectivity index (χ2v) is 5.54. The maximum atomic E-state index is 11.4. The lowest BCUT2D eigenvalue weighted by Crippen LogP contribution is -2.03. The molecule has 1 amide bonds. The van der Waals surface area contributed by atoms with Gasteiger partial charge in [-0.25, -0.2) is 0 Å². The van der Waals surface area contributed by atoms with Crippen LogP contribution in [0.15, 0.2) is 36.4 Å². The molecule has 0 radical (unpaired) electrons. The molecular formula is C15H12Cl2N2O. The van der Waals surface area contributed by atoms with Crippen LogP contribution in [0.5, 0.6) is 0 Å². The van der Waals surface area contributed by atoms with E-state index in [0.717, 1.165) is 22.5 Å². The quantitative estimate of drug-likeness (QED) is 0.896. The van der Waals surface area contributed by atoms with Crippen LogP contribution >= 0.6 is 23.2 Å². The number of hydrogen-bond donors (Lipinski definition) is 2. The molecule has 2 aromatic carbocycles. The number of halogens is 2. The Morgan fingerprint density at radius 1 is 1.20 bits per heavy atom. The summed E-state index contributed by atoms with van der Waals surface area (Å²) >= 11 is 12.2. The van der Waals surface area contributed by atoms with Gasteiger partial charge in [0.1, 0.15) is 0 Å². The molecule has 20 heavy (non-hydrogen) atoms. The number of amides is 1. The third kappa shape index (κ3) is 2.74. The highest BCUT2D eigenvalue weighted by atomic mass is 35.5. The van der Waals surface area contributed by atoms with Crippen LogP contribution in [0, 0.1) is 0 Å². The number of anilines is 2. The first-order chi connectivity index (χ1) is 9.61. The van der Waals surface area contributed by atoms with Gasteiger partial charge in [0, 0.05) is 17.3 Å². The molecule has 1 aliphatic rings. The van der Waals surface area contributed by atoms with Crippen LogP contribution in [0.3, 0.4) is 0 Å². The lowest BCUT2D eigenvalue weighted by atomic mass is 10.1. The smallest absolute Gasteiger partial charge is 0.228 e. The Morgan fingerprint density at radius 2 is 2.05 bits per heavy atom. The van der Waals surface area contributed by atoms with Gasteiger partial charge >= 0.3 is 0 Å². The third-order valence-corrected chi connectivity index (χ3v) is 3.74. The summed E-state index contributed by atoms with van der Waals surface area (Å²) in [5.41, 5.74) is 3.66. The van der Waals surface area contributed by atoms with Crippen molar-refractivity contribution in [3.05, 3.63) is 57.6 Å². The van der Waals surface area contributed by atoms with E-state index in [1.165, 1.54) is 0 Å². The van der Waals surface area contributed by atoms with Gasteiger partial charge in [0.05, 0.1) is 17.1 Å². The van der Waals surface area contributed by atoms with E-state index in [2.05, 4.69) is 10.6 Å². The van der Waals surface area contributed by atoms with Crippen LogP contribution in [-0.4, -0.2) is 5.91 Å². The van der Waals surface area contributed by atoms with Gasteiger partial charge in [0.15, 0.2) is 0 Å². The van der Waals surface area contributed by atoms with Crippen LogP contribution in [0.25, 0.3) is 0 Å². The summed E-state index contributed by atoms with van der Waals surface area (Å²) in [4.78, 5) is 11.4. The second kappa shape index (κ2) is 5.35. The number of nitrogens with one attached hydrogen (secondary N) is 2. The molecule has 1 aliphatic heterocycles. The van der Waals surface area contributed by atoms with Crippen LogP contribution in [0.1, 0.15) is 11.1 Å². The Morgan fingerprint density at radius 3 is 2.85 bits per heavy atom. The molecule has 1 heterocycles. The number of carbonyl (C=O) groups excluding carboxylic acids is 1. The zero-order valence-corrected chi connectivity index (χ0v) is 12.1. The summed E-state index contributed by atoms with van der Waals surface area (Å²) < 4.78 is 0. The Hall–Kier alpha value is -1.71. The molecule has 2 N–H and O–H groups in total. The van der Waals surface area contributed by atoms with Crippen molar-refractivity contribution in [2.75, 3.05) is 10.6 Å². The zero-order valence-electron chi connectivity index (χ0n) is 10.5. The standard InChI is InChI=1S/C15H12Cl2N2O/c16-11-3-1-2-9(4-11)8-18-14-5-10-6-15(20)19-13(10)7-12(14)17/h1-5,7,18H,6,8H2,(H,19,20). The SMILES string of the molecule is O=C1Cc2cc(NCc3cccc(Cl)c3)c(Cl)cc2N1. The minimum atomic E-state index is 0.00283. The maximum Gasteiger partial charge on any atom is 0.228 e. The number of benzene rings is 2. The molecule has 0 saturated carbocycles. The first kappa shape index (κ1) is 13.3. The van der Waals surface area contributed by atoms with Crippen molar-refractivity contribution in [2.24, 2.45) is 0 Å². The molecule has 0 fully saturated rings. The average Bonchev–Trinajstić information content (AvgIpc) is 2.75. The van der Waals surface area contributed by atoms with E-state index in [1.54, 1.807) is 6.07 Å². The maximum absolute atomic E-state index is 11.4. The summed E-state index contributed by atoms with van der Waals surface area (Å²) in [6.07, 6.45) is 0.401. The first-order valence-electron chi connectivity index (χ1n) is 6.22. The van der Waals surface area contributed by atoms with Gasteiger partial charge in [-0.15, -0.1) is 0 Å². The molecule has 0 aromatic heterocycles. The number of carbonyl (C=O) groups is 1. The molecular weight excluding hydrogens is 295 g/mol. The molecule has 0 bridgehead atoms. The van der Waals surface area contributed by atoms with Crippen molar-refractivity contribution in [2.45, 2.75) is 13.0 Å². The summed E-state index contributed by atoms with van der Waals surface area (Å²) in [5.74, 6) is 0.00283. The van der Waals surface area contributed by atoms with Gasteiger partial charge in [-0.1, -0.05) is 35.3 Å². The molecule has 0 aliphatic carbocycles. The Labute approximate surface area is 126 Å². The van der Waals surface area contributed by atoms with E-state index in [4.69, 9.17) is 23.2 Å². The Balaban J connectivity index is 1.78. The van der Waals surface area contributed by atoms with Gasteiger partial charge in [-0.3, -0.25) is 4.79 Å². The van der Waals surface area contributed by atoms with E-state index in [0.29, 0.717) is 23.0 Å². The Bertz CT molecular complexity index is 686. The van der Waals surface area contributed by atoms with Crippen molar-refractivity contribution in [1.82, 2.24) is 0 Å². The summed E-state index contributed by atoms with van der Waals surface area (Å²) in [5, 5.41) is 7.35. The highest BCUT2D eigenvalue weighted by molar-refractivity contribution is 6.33. The largest absolute Gasteiger partial charge is 0.380 e. The molecule has 102 valence electrons. The highest BCUT2D eigenvalue weighted by Crippen LogP contribution is 2.33. The third-order valence-electron chi connectivity index (χ3n) is 3.19. The fourth-order valence-corrected chi connectivity index (χ4v) is 2.67. The van der Waals surface area contributed by atoms with Gasteiger partial charge in [-0.05, 0) is 35.4 Å². The minimum absolute atomic E-state index is 0.00283. The molecule has 0 unspecified atom stereocenters. The first-order valence-corrected chi connectivity index (χ1v) is 6.98. The van der Waals surface area contributed by atoms with Crippen molar-refractivity contribution in [1.29, 1.82) is 0 Å². The van der Waals surface area contributed by atoms with Crippen LogP contribution < -0.4 is 10.6 Å². The van der Waals surface area contributed by atoms with E-state index in [9.17, 15) is 4.79 Å². The number of hydrogen-bond acceptors (Lipinski definition) is 2. The monoisotopic (exact) mass is 306 g/mol. The molecule has 3 rings (SSSR count). The van der Waals surface area contributed by atoms with E-state index >= 15 is 0 Å². The normalized spacial score (nSPS) is 13.0. The fraction of sp³-hybridized carbons (Fsp3) is 0.133. The summed E-state index contributed by atoms with van der Waals surface area (Å²) in [6, 6.07) is 11.3. The highest BCUT2D eigenvalue weighted by Gasteiger charge is 2.19. The molecule has 0 saturated heterocycles. The second-order valence-electron chi connectivity index (χ2n) is 4.70. The van der Waals surface area contributed by atoms with Crippen molar-refractivity contribution >= 4 is 40.5 Å². The zero-order chi connectivity index (χ0) is 14.1. The van der Waals surface area contributed by atoms with Gasteiger partial charge < -0.3 is 10.6 Å². The molecule has 5 heteroatoms. The molecule has 0 spiro atoms. The van der Waals surface area contributed by atoms with Crippen LogP contribution in [0.2, 0.25) is 10.0 Å². The number of fused-ring (bicyclic) bond motifs is 1. The molecule has 3 nitrogen and oxygen atoms in total. The van der Waals surface area contributed by atoms with E-state index < -0.39 is 0 Å². The van der Waals surface area contributed by atoms with E-state index in [1.807, 2.05) is 30.3 Å². The van der Waals surface area contributed by atoms with E-state index in [-0.39, 0.29) is 5.91 Å². The summed E-state index contributed by atoms with van der Waals surface area (Å²) in [7, 11) is 0. The van der Waals surface area contributed by atoms with Crippen LogP contribution in [0.4, 0.5) is 11.4 Å². The average molecular weight is 307 g/mol. The van der Waals surface area contributed by atoms with Gasteiger partial charge in [-0.2, -0.15) is 0 Å². The van der Waals surface area contributed by atoms with Crippen molar-refractivity contribution in [3.8, 4) is 0 Å². The van der Waals surface area contributed by atoms with Crippen LogP contribution in [-0.2, 0) is 17.8 Å². The summed E-state index contributed by atoms with van der Waals surface area (Å²) in [6.45, 7) is 0.625. The Kier molecular flexibility index (Phi) is 3.55. The lowest BCUT2D eigenvalue weighted by molar-refractivity contribution is -0.115. The molecule has 2 aromatic rings. The topological polar surface area (TPSA) is 41.1 Å². The van der Waals surface area contributed by atoms with Crippen molar-refractivity contribution < 1.29 is 4.79 Å². The molecule has 0 atom stereocenters. The minimum Gasteiger partial charge on any atom is -0.380 e. The predicted molar refractivity (Wildman–Crippen MR) is 82.6 cm³/mol. The van der Waals surface area contributed by atoms with Gasteiger partial charge in [0.25, 0.3) is 0 Å². The van der Waals surface area contributed by atoms with Gasteiger partial charge in [0.2, 0.25) is 5.91 Å².